The number of hydrogen-bond acceptors (Lipinski definition) is 4. The number of hydrogen-bond donors (Lipinski definition) is 1. The molecule has 0 saturated carbocycles. The van der Waals surface area contributed by atoms with E-state index in [9.17, 15) is 9.59 Å². The number of carbonyl (C=O) groups is 2. The molecule has 1 N–H and O–H groups in total. The summed E-state index contributed by atoms with van der Waals surface area (Å²) in [5.74, 6) is -0.0110. The summed E-state index contributed by atoms with van der Waals surface area (Å²) < 4.78 is 10.9. The Bertz CT molecular complexity index is 802. The van der Waals surface area contributed by atoms with Crippen LogP contribution in [0.5, 0.6) is 5.75 Å². The van der Waals surface area contributed by atoms with Crippen LogP contribution in [0.2, 0.25) is 0 Å². The second-order valence-corrected chi connectivity index (χ2v) is 8.06. The molecular weight excluding hydrogens is 354 g/mol. The summed E-state index contributed by atoms with van der Waals surface area (Å²) in [6, 6.07) is 14.3. The van der Waals surface area contributed by atoms with Crippen molar-refractivity contribution in [2.75, 3.05) is 5.32 Å². The molecule has 150 valence electrons. The van der Waals surface area contributed by atoms with E-state index in [1.807, 2.05) is 24.3 Å². The van der Waals surface area contributed by atoms with Gasteiger partial charge < -0.3 is 14.8 Å². The van der Waals surface area contributed by atoms with E-state index in [0.29, 0.717) is 17.0 Å². The normalized spacial score (nSPS) is 12.4. The van der Waals surface area contributed by atoms with E-state index in [-0.39, 0.29) is 23.4 Å². The molecule has 0 radical (unpaired) electrons. The van der Waals surface area contributed by atoms with Gasteiger partial charge in [-0.25, -0.2) is 4.79 Å². The zero-order valence-electron chi connectivity index (χ0n) is 17.4. The summed E-state index contributed by atoms with van der Waals surface area (Å²) in [7, 11) is 0. The van der Waals surface area contributed by atoms with Crippen molar-refractivity contribution in [2.24, 2.45) is 0 Å². The van der Waals surface area contributed by atoms with Gasteiger partial charge in [0.1, 0.15) is 5.75 Å². The molecule has 0 aromatic heterocycles. The molecule has 0 heterocycles. The highest BCUT2D eigenvalue weighted by molar-refractivity contribution is 5.95. The number of carbonyl (C=O) groups excluding carboxylic acids is 2. The lowest BCUT2D eigenvalue weighted by atomic mass is 9.87. The topological polar surface area (TPSA) is 64.6 Å². The predicted molar refractivity (Wildman–Crippen MR) is 111 cm³/mol. The molecule has 2 rings (SSSR count). The Morgan fingerprint density at radius 2 is 1.46 bits per heavy atom. The van der Waals surface area contributed by atoms with Crippen LogP contribution < -0.4 is 10.1 Å². The Balaban J connectivity index is 1.94. The van der Waals surface area contributed by atoms with Crippen molar-refractivity contribution < 1.29 is 19.1 Å². The summed E-state index contributed by atoms with van der Waals surface area (Å²) in [6.07, 6.45) is -0.839. The smallest absolute Gasteiger partial charge is 0.338 e. The molecule has 0 saturated heterocycles. The van der Waals surface area contributed by atoms with Gasteiger partial charge in [-0.05, 0) is 68.1 Å². The third-order valence-corrected chi connectivity index (χ3v) is 4.13. The molecule has 0 aliphatic rings. The number of esters is 1. The van der Waals surface area contributed by atoms with Crippen LogP contribution in [-0.2, 0) is 14.9 Å². The first-order chi connectivity index (χ1) is 13.1. The molecule has 0 bridgehead atoms. The number of ether oxygens (including phenoxy) is 2. The van der Waals surface area contributed by atoms with Crippen LogP contribution in [0.1, 0.15) is 57.5 Å². The number of nitrogens with one attached hydrogen (secondary N) is 1. The molecule has 0 spiro atoms. The molecule has 2 aromatic carbocycles. The quantitative estimate of drug-likeness (QED) is 0.717. The highest BCUT2D eigenvalue weighted by Crippen LogP contribution is 2.24. The minimum absolute atomic E-state index is 0.0648. The predicted octanol–water partition coefficient (Wildman–Crippen LogP) is 4.96. The van der Waals surface area contributed by atoms with Gasteiger partial charge in [0.05, 0.1) is 11.7 Å². The number of rotatable bonds is 6. The van der Waals surface area contributed by atoms with E-state index < -0.39 is 6.10 Å². The average Bonchev–Trinajstić information content (AvgIpc) is 2.61. The minimum atomic E-state index is -0.661. The Morgan fingerprint density at radius 3 is 1.96 bits per heavy atom. The standard InChI is InChI=1S/C23H29NO4/c1-15(2)27-22(26)17-7-11-19(12-8-17)24-21(25)16(3)28-20-13-9-18(10-14-20)23(4,5)6/h7-16H,1-6H3,(H,24,25). The molecule has 0 aliphatic heterocycles. The molecule has 1 unspecified atom stereocenters. The lowest BCUT2D eigenvalue weighted by Gasteiger charge is -2.20. The van der Waals surface area contributed by atoms with Crippen LogP contribution in [-0.4, -0.2) is 24.1 Å². The second-order valence-electron chi connectivity index (χ2n) is 8.06. The number of benzene rings is 2. The Labute approximate surface area is 167 Å². The SMILES string of the molecule is CC(C)OC(=O)c1ccc(NC(=O)C(C)Oc2ccc(C(C)(C)C)cc2)cc1. The van der Waals surface area contributed by atoms with E-state index >= 15 is 0 Å². The van der Waals surface area contributed by atoms with Gasteiger partial charge in [0.2, 0.25) is 0 Å². The van der Waals surface area contributed by atoms with Gasteiger partial charge in [-0.15, -0.1) is 0 Å². The van der Waals surface area contributed by atoms with Crippen LogP contribution in [0.15, 0.2) is 48.5 Å². The maximum atomic E-state index is 12.4. The van der Waals surface area contributed by atoms with Gasteiger partial charge in [0.15, 0.2) is 6.10 Å². The summed E-state index contributed by atoms with van der Waals surface area (Å²) >= 11 is 0. The van der Waals surface area contributed by atoms with Crippen molar-refractivity contribution in [1.29, 1.82) is 0 Å². The molecule has 0 fully saturated rings. The Hall–Kier alpha value is -2.82. The van der Waals surface area contributed by atoms with E-state index in [2.05, 4.69) is 26.1 Å². The zero-order valence-corrected chi connectivity index (χ0v) is 17.4. The third-order valence-electron chi connectivity index (χ3n) is 4.13. The summed E-state index contributed by atoms with van der Waals surface area (Å²) in [5, 5.41) is 2.79. The number of anilines is 1. The highest BCUT2D eigenvalue weighted by atomic mass is 16.5. The third kappa shape index (κ3) is 6.12. The summed E-state index contributed by atoms with van der Waals surface area (Å²) in [6.45, 7) is 11.7. The zero-order chi connectivity index (χ0) is 20.9. The molecule has 0 aliphatic carbocycles. The second kappa shape index (κ2) is 8.91. The molecule has 5 heteroatoms. The Kier molecular flexibility index (Phi) is 6.84. The Morgan fingerprint density at radius 1 is 0.893 bits per heavy atom. The fourth-order valence-electron chi connectivity index (χ4n) is 2.51. The van der Waals surface area contributed by atoms with Crippen molar-refractivity contribution in [3.05, 3.63) is 59.7 Å². The van der Waals surface area contributed by atoms with Crippen molar-refractivity contribution in [3.63, 3.8) is 0 Å². The minimum Gasteiger partial charge on any atom is -0.481 e. The van der Waals surface area contributed by atoms with Crippen molar-refractivity contribution in [2.45, 2.75) is 59.2 Å². The maximum Gasteiger partial charge on any atom is 0.338 e. The first-order valence-corrected chi connectivity index (χ1v) is 9.45. The van der Waals surface area contributed by atoms with Gasteiger partial charge >= 0.3 is 5.97 Å². The average molecular weight is 383 g/mol. The van der Waals surface area contributed by atoms with E-state index in [0.717, 1.165) is 0 Å². The van der Waals surface area contributed by atoms with Gasteiger partial charge in [-0.1, -0.05) is 32.9 Å². The maximum absolute atomic E-state index is 12.4. The van der Waals surface area contributed by atoms with Gasteiger partial charge in [-0.3, -0.25) is 4.79 Å². The van der Waals surface area contributed by atoms with E-state index in [1.165, 1.54) is 5.56 Å². The van der Waals surface area contributed by atoms with E-state index in [1.54, 1.807) is 45.0 Å². The first-order valence-electron chi connectivity index (χ1n) is 9.45. The van der Waals surface area contributed by atoms with Crippen LogP contribution in [0, 0.1) is 0 Å². The molecule has 5 nitrogen and oxygen atoms in total. The van der Waals surface area contributed by atoms with Crippen LogP contribution in [0.25, 0.3) is 0 Å². The molecule has 28 heavy (non-hydrogen) atoms. The lowest BCUT2D eigenvalue weighted by Crippen LogP contribution is -2.30. The first kappa shape index (κ1) is 21.5. The fraction of sp³-hybridized carbons (Fsp3) is 0.391. The van der Waals surface area contributed by atoms with Crippen LogP contribution in [0.3, 0.4) is 0 Å². The van der Waals surface area contributed by atoms with Gasteiger partial charge in [0.25, 0.3) is 5.91 Å². The van der Waals surface area contributed by atoms with Crippen LogP contribution >= 0.6 is 0 Å². The summed E-state index contributed by atoms with van der Waals surface area (Å²) in [5.41, 5.74) is 2.29. The highest BCUT2D eigenvalue weighted by Gasteiger charge is 2.17. The van der Waals surface area contributed by atoms with Gasteiger partial charge in [0, 0.05) is 5.69 Å². The van der Waals surface area contributed by atoms with Crippen molar-refractivity contribution in [1.82, 2.24) is 0 Å². The van der Waals surface area contributed by atoms with Crippen molar-refractivity contribution in [3.8, 4) is 5.75 Å². The lowest BCUT2D eigenvalue weighted by molar-refractivity contribution is -0.122. The van der Waals surface area contributed by atoms with Crippen LogP contribution in [0.4, 0.5) is 5.69 Å². The largest absolute Gasteiger partial charge is 0.481 e. The number of amides is 1. The van der Waals surface area contributed by atoms with Crippen molar-refractivity contribution >= 4 is 17.6 Å². The van der Waals surface area contributed by atoms with E-state index in [4.69, 9.17) is 9.47 Å². The monoisotopic (exact) mass is 383 g/mol. The summed E-state index contributed by atoms with van der Waals surface area (Å²) in [4.78, 5) is 24.2. The van der Waals surface area contributed by atoms with Gasteiger partial charge in [-0.2, -0.15) is 0 Å². The molecule has 2 aromatic rings. The molecular formula is C23H29NO4. The molecule has 1 amide bonds. The molecule has 1 atom stereocenters. The fourth-order valence-corrected chi connectivity index (χ4v) is 2.51.